The maximum atomic E-state index is 5.95. The highest BCUT2D eigenvalue weighted by Crippen LogP contribution is 2.11. The van der Waals surface area contributed by atoms with Gasteiger partial charge in [-0.1, -0.05) is 11.6 Å². The smallest absolute Gasteiger partial charge is 0.144 e. The molecule has 1 saturated heterocycles. The summed E-state index contributed by atoms with van der Waals surface area (Å²) in [5, 5.41) is 0.540. The van der Waals surface area contributed by atoms with Gasteiger partial charge in [0.2, 0.25) is 0 Å². The number of hydrogen-bond acceptors (Lipinski definition) is 4. The summed E-state index contributed by atoms with van der Waals surface area (Å²) in [6, 6.07) is 2.43. The molecule has 4 nitrogen and oxygen atoms in total. The molecule has 0 unspecified atom stereocenters. The molecule has 1 aliphatic rings. The maximum absolute atomic E-state index is 5.95. The summed E-state index contributed by atoms with van der Waals surface area (Å²) < 4.78 is 0. The van der Waals surface area contributed by atoms with Crippen LogP contribution >= 0.6 is 11.6 Å². The zero-order chi connectivity index (χ0) is 13.1. The Morgan fingerprint density at radius 1 is 1.22 bits per heavy atom. The summed E-state index contributed by atoms with van der Waals surface area (Å²) in [5.74, 6) is 0.831. The molecule has 1 aliphatic heterocycles. The Labute approximate surface area is 114 Å². The Kier molecular flexibility index (Phi) is 4.54. The third-order valence-electron chi connectivity index (χ3n) is 3.37. The molecule has 18 heavy (non-hydrogen) atoms. The monoisotopic (exact) mass is 268 g/mol. The van der Waals surface area contributed by atoms with Crippen LogP contribution in [0.15, 0.2) is 6.07 Å². The standard InChI is InChI=1S/C13H21ClN4/c1-10(2)18-6-4-17(5-7-18)9-13-15-11(3)8-12(14)16-13/h8,10H,4-7,9H2,1-3H3. The van der Waals surface area contributed by atoms with Crippen molar-refractivity contribution in [2.45, 2.75) is 33.4 Å². The van der Waals surface area contributed by atoms with Gasteiger partial charge in [0.15, 0.2) is 0 Å². The minimum Gasteiger partial charge on any atom is -0.298 e. The average molecular weight is 269 g/mol. The molecule has 0 amide bonds. The van der Waals surface area contributed by atoms with Gasteiger partial charge in [0, 0.05) is 37.9 Å². The molecule has 0 saturated carbocycles. The first-order valence-corrected chi connectivity index (χ1v) is 6.89. The fourth-order valence-electron chi connectivity index (χ4n) is 2.30. The molecule has 100 valence electrons. The second-order valence-corrected chi connectivity index (χ2v) is 5.54. The summed E-state index contributed by atoms with van der Waals surface area (Å²) in [5.41, 5.74) is 0.936. The van der Waals surface area contributed by atoms with E-state index in [9.17, 15) is 0 Å². The molecule has 1 fully saturated rings. The summed E-state index contributed by atoms with van der Waals surface area (Å²) in [6.07, 6.45) is 0. The fraction of sp³-hybridized carbons (Fsp3) is 0.692. The van der Waals surface area contributed by atoms with Crippen LogP contribution in [0.2, 0.25) is 5.15 Å². The lowest BCUT2D eigenvalue weighted by Crippen LogP contribution is -2.48. The Balaban J connectivity index is 1.91. The Bertz CT molecular complexity index is 380. The summed E-state index contributed by atoms with van der Waals surface area (Å²) in [6.45, 7) is 11.6. The van der Waals surface area contributed by atoms with Gasteiger partial charge in [-0.05, 0) is 26.8 Å². The molecule has 0 spiro atoms. The fourth-order valence-corrected chi connectivity index (χ4v) is 2.55. The third-order valence-corrected chi connectivity index (χ3v) is 3.57. The van der Waals surface area contributed by atoms with Crippen molar-refractivity contribution in [3.05, 3.63) is 22.7 Å². The quantitative estimate of drug-likeness (QED) is 0.785. The Morgan fingerprint density at radius 2 is 1.89 bits per heavy atom. The van der Waals surface area contributed by atoms with E-state index in [1.807, 2.05) is 6.92 Å². The van der Waals surface area contributed by atoms with E-state index in [4.69, 9.17) is 11.6 Å². The molecule has 2 rings (SSSR count). The predicted molar refractivity (Wildman–Crippen MR) is 73.8 cm³/mol. The topological polar surface area (TPSA) is 32.3 Å². The summed E-state index contributed by atoms with van der Waals surface area (Å²) >= 11 is 5.95. The summed E-state index contributed by atoms with van der Waals surface area (Å²) in [7, 11) is 0. The van der Waals surface area contributed by atoms with Crippen LogP contribution in [0.25, 0.3) is 0 Å². The van der Waals surface area contributed by atoms with Crippen LogP contribution < -0.4 is 0 Å². The van der Waals surface area contributed by atoms with E-state index in [1.165, 1.54) is 0 Å². The molecule has 0 N–H and O–H groups in total. The van der Waals surface area contributed by atoms with Gasteiger partial charge < -0.3 is 0 Å². The first-order chi connectivity index (χ1) is 8.54. The van der Waals surface area contributed by atoms with Crippen molar-refractivity contribution in [3.63, 3.8) is 0 Å². The first kappa shape index (κ1) is 13.7. The van der Waals surface area contributed by atoms with Crippen LogP contribution in [-0.2, 0) is 6.54 Å². The third kappa shape index (κ3) is 3.64. The Morgan fingerprint density at radius 3 is 2.44 bits per heavy atom. The van der Waals surface area contributed by atoms with Crippen LogP contribution in [0.4, 0.5) is 0 Å². The minimum absolute atomic E-state index is 0.540. The number of halogens is 1. The number of aromatic nitrogens is 2. The lowest BCUT2D eigenvalue weighted by atomic mass is 10.2. The maximum Gasteiger partial charge on any atom is 0.144 e. The largest absolute Gasteiger partial charge is 0.298 e. The van der Waals surface area contributed by atoms with E-state index >= 15 is 0 Å². The molecular weight excluding hydrogens is 248 g/mol. The van der Waals surface area contributed by atoms with Crippen molar-refractivity contribution in [2.24, 2.45) is 0 Å². The van der Waals surface area contributed by atoms with Gasteiger partial charge in [-0.25, -0.2) is 9.97 Å². The van der Waals surface area contributed by atoms with E-state index in [1.54, 1.807) is 6.07 Å². The SMILES string of the molecule is Cc1cc(Cl)nc(CN2CCN(C(C)C)CC2)n1. The first-order valence-electron chi connectivity index (χ1n) is 6.51. The number of hydrogen-bond donors (Lipinski definition) is 0. The van der Waals surface area contributed by atoms with Crippen molar-refractivity contribution < 1.29 is 0 Å². The van der Waals surface area contributed by atoms with Gasteiger partial charge in [-0.15, -0.1) is 0 Å². The molecule has 5 heteroatoms. The number of nitrogens with zero attached hydrogens (tertiary/aromatic N) is 4. The Hall–Kier alpha value is -0.710. The number of aryl methyl sites for hydroxylation is 1. The second kappa shape index (κ2) is 5.95. The number of piperazine rings is 1. The lowest BCUT2D eigenvalue weighted by Gasteiger charge is -2.36. The second-order valence-electron chi connectivity index (χ2n) is 5.15. The van der Waals surface area contributed by atoms with Crippen molar-refractivity contribution in [2.75, 3.05) is 26.2 Å². The van der Waals surface area contributed by atoms with Crippen molar-refractivity contribution >= 4 is 11.6 Å². The zero-order valence-corrected chi connectivity index (χ0v) is 12.1. The average Bonchev–Trinajstić information content (AvgIpc) is 2.28. The molecule has 2 heterocycles. The van der Waals surface area contributed by atoms with Gasteiger partial charge in [0.25, 0.3) is 0 Å². The molecular formula is C13H21ClN4. The molecule has 0 aromatic carbocycles. The van der Waals surface area contributed by atoms with E-state index in [-0.39, 0.29) is 0 Å². The highest BCUT2D eigenvalue weighted by Gasteiger charge is 2.19. The van der Waals surface area contributed by atoms with Crippen LogP contribution in [0.3, 0.4) is 0 Å². The molecule has 0 atom stereocenters. The van der Waals surface area contributed by atoms with Gasteiger partial charge >= 0.3 is 0 Å². The minimum atomic E-state index is 0.540. The van der Waals surface area contributed by atoms with E-state index in [0.717, 1.165) is 44.2 Å². The molecule has 1 aromatic rings. The summed E-state index contributed by atoms with van der Waals surface area (Å²) in [4.78, 5) is 13.6. The normalized spacial score (nSPS) is 18.5. The van der Waals surface area contributed by atoms with Crippen LogP contribution in [0.1, 0.15) is 25.4 Å². The lowest BCUT2D eigenvalue weighted by molar-refractivity contribution is 0.102. The number of rotatable bonds is 3. The van der Waals surface area contributed by atoms with Crippen LogP contribution in [0, 0.1) is 6.92 Å². The van der Waals surface area contributed by atoms with Gasteiger partial charge in [-0.3, -0.25) is 9.80 Å². The zero-order valence-electron chi connectivity index (χ0n) is 11.4. The van der Waals surface area contributed by atoms with Crippen molar-refractivity contribution in [1.29, 1.82) is 0 Å². The van der Waals surface area contributed by atoms with Crippen LogP contribution in [-0.4, -0.2) is 52.0 Å². The van der Waals surface area contributed by atoms with Crippen molar-refractivity contribution in [3.8, 4) is 0 Å². The molecule has 1 aromatic heterocycles. The molecule has 0 aliphatic carbocycles. The van der Waals surface area contributed by atoms with E-state index in [0.29, 0.717) is 11.2 Å². The van der Waals surface area contributed by atoms with Crippen molar-refractivity contribution in [1.82, 2.24) is 19.8 Å². The van der Waals surface area contributed by atoms with Gasteiger partial charge in [-0.2, -0.15) is 0 Å². The highest BCUT2D eigenvalue weighted by atomic mass is 35.5. The van der Waals surface area contributed by atoms with Gasteiger partial charge in [0.1, 0.15) is 11.0 Å². The molecule has 0 radical (unpaired) electrons. The molecule has 0 bridgehead atoms. The highest BCUT2D eigenvalue weighted by molar-refractivity contribution is 6.29. The van der Waals surface area contributed by atoms with Crippen LogP contribution in [0.5, 0.6) is 0 Å². The predicted octanol–water partition coefficient (Wildman–Crippen LogP) is 1.96. The van der Waals surface area contributed by atoms with E-state index in [2.05, 4.69) is 33.6 Å². The van der Waals surface area contributed by atoms with E-state index < -0.39 is 0 Å². The van der Waals surface area contributed by atoms with Gasteiger partial charge in [0.05, 0.1) is 6.54 Å².